The van der Waals surface area contributed by atoms with Crippen LogP contribution in [0, 0.1) is 0 Å². The van der Waals surface area contributed by atoms with Crippen LogP contribution in [0.4, 0.5) is 0 Å². The highest BCUT2D eigenvalue weighted by Crippen LogP contribution is 2.32. The van der Waals surface area contributed by atoms with Crippen LogP contribution >= 0.6 is 11.6 Å². The number of nitrogens with zero attached hydrogens (tertiary/aromatic N) is 1. The molecule has 3 aromatic rings. The van der Waals surface area contributed by atoms with Crippen LogP contribution in [-0.2, 0) is 4.79 Å². The molecule has 0 aliphatic heterocycles. The molecule has 1 amide bonds. The molecule has 1 aromatic heterocycles. The summed E-state index contributed by atoms with van der Waals surface area (Å²) in [4.78, 5) is 31.2. The van der Waals surface area contributed by atoms with Gasteiger partial charge < -0.3 is 9.88 Å². The van der Waals surface area contributed by atoms with Gasteiger partial charge in [0, 0.05) is 29.0 Å². The van der Waals surface area contributed by atoms with Gasteiger partial charge in [-0.1, -0.05) is 55.8 Å². The maximum atomic E-state index is 13.3. The lowest BCUT2D eigenvalue weighted by atomic mass is 10.0. The summed E-state index contributed by atoms with van der Waals surface area (Å²) in [6.07, 6.45) is 1.62. The molecule has 0 bridgehead atoms. The normalized spacial score (nSPS) is 10.9. The molecule has 0 spiro atoms. The van der Waals surface area contributed by atoms with Crippen LogP contribution in [0.5, 0.6) is 0 Å². The van der Waals surface area contributed by atoms with Crippen molar-refractivity contribution in [3.05, 3.63) is 59.1 Å². The molecular formula is C22H23ClN2O2. The Labute approximate surface area is 164 Å². The fourth-order valence-electron chi connectivity index (χ4n) is 3.33. The Morgan fingerprint density at radius 1 is 1.00 bits per heavy atom. The van der Waals surface area contributed by atoms with E-state index in [1.54, 1.807) is 17.0 Å². The molecule has 1 heterocycles. The average Bonchev–Trinajstić information content (AvgIpc) is 3.06. The number of carbonyl (C=O) groups excluding carboxylic acids is 2. The van der Waals surface area contributed by atoms with Gasteiger partial charge in [0.15, 0.2) is 0 Å². The van der Waals surface area contributed by atoms with E-state index in [2.05, 4.69) is 4.98 Å². The molecule has 2 aromatic carbocycles. The summed E-state index contributed by atoms with van der Waals surface area (Å²) in [5.74, 6) is -0.957. The molecule has 3 rings (SSSR count). The lowest BCUT2D eigenvalue weighted by molar-refractivity contribution is -0.126. The van der Waals surface area contributed by atoms with Crippen molar-refractivity contribution in [2.45, 2.75) is 26.7 Å². The molecule has 4 nitrogen and oxygen atoms in total. The number of hydrogen-bond donors (Lipinski definition) is 1. The highest BCUT2D eigenvalue weighted by Gasteiger charge is 2.28. The number of hydrogen-bond acceptors (Lipinski definition) is 2. The third kappa shape index (κ3) is 3.91. The molecule has 0 atom stereocenters. The van der Waals surface area contributed by atoms with E-state index in [-0.39, 0.29) is 0 Å². The molecule has 0 unspecified atom stereocenters. The third-order valence-corrected chi connectivity index (χ3v) is 4.75. The van der Waals surface area contributed by atoms with Crippen molar-refractivity contribution in [2.75, 3.05) is 13.1 Å². The molecule has 0 saturated carbocycles. The van der Waals surface area contributed by atoms with E-state index in [0.29, 0.717) is 34.8 Å². The Balaban J connectivity index is 2.15. The van der Waals surface area contributed by atoms with Gasteiger partial charge >= 0.3 is 0 Å². The fourth-order valence-corrected chi connectivity index (χ4v) is 3.50. The first-order valence-electron chi connectivity index (χ1n) is 9.27. The molecular weight excluding hydrogens is 360 g/mol. The predicted molar refractivity (Wildman–Crippen MR) is 110 cm³/mol. The number of amides is 1. The van der Waals surface area contributed by atoms with Gasteiger partial charge in [-0.25, -0.2) is 0 Å². The van der Waals surface area contributed by atoms with Gasteiger partial charge in [-0.2, -0.15) is 0 Å². The molecule has 1 N–H and O–H groups in total. The second-order valence-corrected chi connectivity index (χ2v) is 6.99. The van der Waals surface area contributed by atoms with Gasteiger partial charge in [0.25, 0.3) is 11.7 Å². The second-order valence-electron chi connectivity index (χ2n) is 6.55. The number of benzene rings is 2. The number of ketones is 1. The van der Waals surface area contributed by atoms with E-state index in [9.17, 15) is 9.59 Å². The highest BCUT2D eigenvalue weighted by atomic mass is 35.5. The molecule has 0 fully saturated rings. The second kappa shape index (κ2) is 8.40. The SMILES string of the molecule is CCCN(CCC)C(=O)C(=O)c1c(-c2ccccc2)[nH]c2ccc(Cl)cc12. The van der Waals surface area contributed by atoms with E-state index in [0.717, 1.165) is 23.9 Å². The Kier molecular flexibility index (Phi) is 5.97. The van der Waals surface area contributed by atoms with Gasteiger partial charge in [0.2, 0.25) is 0 Å². The average molecular weight is 383 g/mol. The van der Waals surface area contributed by atoms with Gasteiger partial charge in [0.05, 0.1) is 11.3 Å². The van der Waals surface area contributed by atoms with Crippen molar-refractivity contribution in [3.63, 3.8) is 0 Å². The summed E-state index contributed by atoms with van der Waals surface area (Å²) in [7, 11) is 0. The minimum atomic E-state index is -0.496. The van der Waals surface area contributed by atoms with Crippen molar-refractivity contribution < 1.29 is 9.59 Å². The number of aromatic nitrogens is 1. The number of rotatable bonds is 7. The largest absolute Gasteiger partial charge is 0.354 e. The van der Waals surface area contributed by atoms with Crippen molar-refractivity contribution in [2.24, 2.45) is 0 Å². The van der Waals surface area contributed by atoms with Crippen LogP contribution in [0.2, 0.25) is 5.02 Å². The minimum Gasteiger partial charge on any atom is -0.354 e. The smallest absolute Gasteiger partial charge is 0.295 e. The van der Waals surface area contributed by atoms with Crippen molar-refractivity contribution >= 4 is 34.2 Å². The number of nitrogens with one attached hydrogen (secondary N) is 1. The Morgan fingerprint density at radius 3 is 2.30 bits per heavy atom. The number of carbonyl (C=O) groups is 2. The molecule has 140 valence electrons. The molecule has 0 aliphatic rings. The van der Waals surface area contributed by atoms with Gasteiger partial charge in [-0.3, -0.25) is 9.59 Å². The lowest BCUT2D eigenvalue weighted by Gasteiger charge is -2.20. The highest BCUT2D eigenvalue weighted by molar-refractivity contribution is 6.46. The first kappa shape index (κ1) is 19.2. The van der Waals surface area contributed by atoms with E-state index in [1.807, 2.05) is 50.2 Å². The summed E-state index contributed by atoms with van der Waals surface area (Å²) >= 11 is 6.17. The molecule has 0 radical (unpaired) electrons. The Morgan fingerprint density at radius 2 is 1.67 bits per heavy atom. The standard InChI is InChI=1S/C22H23ClN2O2/c1-3-12-25(13-4-2)22(27)21(26)19-17-14-16(23)10-11-18(17)24-20(19)15-8-6-5-7-9-15/h5-11,14,24H,3-4,12-13H2,1-2H3. The molecule has 5 heteroatoms. The molecule has 0 saturated heterocycles. The van der Waals surface area contributed by atoms with Crippen LogP contribution in [0.15, 0.2) is 48.5 Å². The zero-order chi connectivity index (χ0) is 19.4. The van der Waals surface area contributed by atoms with Crippen LogP contribution in [0.1, 0.15) is 37.0 Å². The monoisotopic (exact) mass is 382 g/mol. The van der Waals surface area contributed by atoms with E-state index >= 15 is 0 Å². The van der Waals surface area contributed by atoms with E-state index < -0.39 is 11.7 Å². The number of aromatic amines is 1. The van der Waals surface area contributed by atoms with Crippen LogP contribution in [0.25, 0.3) is 22.2 Å². The first-order valence-corrected chi connectivity index (χ1v) is 9.64. The van der Waals surface area contributed by atoms with Crippen molar-refractivity contribution in [1.82, 2.24) is 9.88 Å². The number of halogens is 1. The third-order valence-electron chi connectivity index (χ3n) is 4.52. The van der Waals surface area contributed by atoms with E-state index in [1.165, 1.54) is 0 Å². The number of fused-ring (bicyclic) bond motifs is 1. The zero-order valence-corrected chi connectivity index (χ0v) is 16.3. The van der Waals surface area contributed by atoms with Crippen molar-refractivity contribution in [3.8, 4) is 11.3 Å². The molecule has 27 heavy (non-hydrogen) atoms. The fraction of sp³-hybridized carbons (Fsp3) is 0.273. The minimum absolute atomic E-state index is 0.390. The quantitative estimate of drug-likeness (QED) is 0.444. The zero-order valence-electron chi connectivity index (χ0n) is 15.6. The summed E-state index contributed by atoms with van der Waals surface area (Å²) < 4.78 is 0. The van der Waals surface area contributed by atoms with Gasteiger partial charge in [-0.05, 0) is 36.6 Å². The summed E-state index contributed by atoms with van der Waals surface area (Å²) in [6, 6.07) is 14.9. The maximum Gasteiger partial charge on any atom is 0.295 e. The van der Waals surface area contributed by atoms with Crippen molar-refractivity contribution in [1.29, 1.82) is 0 Å². The number of H-pyrrole nitrogens is 1. The van der Waals surface area contributed by atoms with Crippen LogP contribution in [-0.4, -0.2) is 34.7 Å². The number of Topliss-reactive ketones (excluding diaryl/α,β-unsaturated/α-hetero) is 1. The lowest BCUT2D eigenvalue weighted by Crippen LogP contribution is -2.37. The Hall–Kier alpha value is -2.59. The first-order chi connectivity index (χ1) is 13.1. The molecule has 0 aliphatic carbocycles. The summed E-state index contributed by atoms with van der Waals surface area (Å²) in [6.45, 7) is 5.15. The van der Waals surface area contributed by atoms with Crippen LogP contribution < -0.4 is 0 Å². The van der Waals surface area contributed by atoms with Gasteiger partial charge in [-0.15, -0.1) is 0 Å². The summed E-state index contributed by atoms with van der Waals surface area (Å²) in [5.41, 5.74) is 2.69. The maximum absolute atomic E-state index is 13.3. The van der Waals surface area contributed by atoms with Crippen LogP contribution in [0.3, 0.4) is 0 Å². The topological polar surface area (TPSA) is 53.2 Å². The van der Waals surface area contributed by atoms with E-state index in [4.69, 9.17) is 11.6 Å². The Bertz CT molecular complexity index is 957. The predicted octanol–water partition coefficient (Wildman–Crippen LogP) is 5.32. The van der Waals surface area contributed by atoms with Gasteiger partial charge in [0.1, 0.15) is 0 Å². The summed E-state index contributed by atoms with van der Waals surface area (Å²) in [5, 5.41) is 1.20.